The molecule has 0 saturated carbocycles. The van der Waals surface area contributed by atoms with Crippen LogP contribution in [0.15, 0.2) is 18.2 Å². The molecule has 0 saturated heterocycles. The lowest BCUT2D eigenvalue weighted by Crippen LogP contribution is -2.09. The fraction of sp³-hybridized carbons (Fsp3) is 0.455. The molecule has 6 heteroatoms. The summed E-state index contributed by atoms with van der Waals surface area (Å²) in [4.78, 5) is 0. The number of benzene rings is 1. The van der Waals surface area contributed by atoms with Gasteiger partial charge in [-0.15, -0.1) is 0 Å². The van der Waals surface area contributed by atoms with Crippen LogP contribution in [0, 0.1) is 0 Å². The highest BCUT2D eigenvalue weighted by molar-refractivity contribution is 5.51. The summed E-state index contributed by atoms with van der Waals surface area (Å²) in [6, 6.07) is 3.51. The van der Waals surface area contributed by atoms with Crippen LogP contribution in [0.5, 0.6) is 5.75 Å². The van der Waals surface area contributed by atoms with E-state index in [-0.39, 0.29) is 11.4 Å². The standard InChI is InChI=1S/C11H14F3NO2/c1-16-5-2-6-17-8-3-4-10(15)9(7-8)11(12,13)14/h3-4,7H,2,5-6,15H2,1H3. The van der Waals surface area contributed by atoms with Crippen molar-refractivity contribution in [3.63, 3.8) is 0 Å². The Morgan fingerprint density at radius 3 is 2.53 bits per heavy atom. The van der Waals surface area contributed by atoms with Gasteiger partial charge in [-0.2, -0.15) is 13.2 Å². The zero-order valence-corrected chi connectivity index (χ0v) is 9.38. The lowest BCUT2D eigenvalue weighted by Gasteiger charge is -2.12. The molecule has 0 radical (unpaired) electrons. The number of nitrogens with two attached hydrogens (primary N) is 1. The van der Waals surface area contributed by atoms with E-state index < -0.39 is 11.7 Å². The Morgan fingerprint density at radius 2 is 1.94 bits per heavy atom. The molecule has 0 bridgehead atoms. The van der Waals surface area contributed by atoms with Crippen molar-refractivity contribution >= 4 is 5.69 Å². The molecule has 0 heterocycles. The van der Waals surface area contributed by atoms with E-state index in [9.17, 15) is 13.2 Å². The molecule has 1 aromatic rings. The number of hydrogen-bond acceptors (Lipinski definition) is 3. The Balaban J connectivity index is 2.69. The Morgan fingerprint density at radius 1 is 1.24 bits per heavy atom. The number of methoxy groups -OCH3 is 1. The summed E-state index contributed by atoms with van der Waals surface area (Å²) in [6.45, 7) is 0.802. The number of rotatable bonds is 5. The van der Waals surface area contributed by atoms with Crippen LogP contribution >= 0.6 is 0 Å². The third-order valence-electron chi connectivity index (χ3n) is 2.09. The van der Waals surface area contributed by atoms with Crippen LogP contribution in [0.4, 0.5) is 18.9 Å². The van der Waals surface area contributed by atoms with Gasteiger partial charge < -0.3 is 15.2 Å². The summed E-state index contributed by atoms with van der Waals surface area (Å²) < 4.78 is 47.5. The number of ether oxygens (including phenoxy) is 2. The fourth-order valence-electron chi connectivity index (χ4n) is 1.26. The van der Waals surface area contributed by atoms with Crippen molar-refractivity contribution in [2.75, 3.05) is 26.1 Å². The summed E-state index contributed by atoms with van der Waals surface area (Å²) in [6.07, 6.45) is -3.85. The molecule has 3 nitrogen and oxygen atoms in total. The minimum Gasteiger partial charge on any atom is -0.493 e. The lowest BCUT2D eigenvalue weighted by molar-refractivity contribution is -0.137. The summed E-state index contributed by atoms with van der Waals surface area (Å²) >= 11 is 0. The van der Waals surface area contributed by atoms with Crippen LogP contribution in [0.2, 0.25) is 0 Å². The third-order valence-corrected chi connectivity index (χ3v) is 2.09. The first kappa shape index (κ1) is 13.6. The first-order chi connectivity index (χ1) is 7.95. The predicted octanol–water partition coefficient (Wildman–Crippen LogP) is 2.70. The van der Waals surface area contributed by atoms with Crippen molar-refractivity contribution in [2.24, 2.45) is 0 Å². The van der Waals surface area contributed by atoms with Crippen LogP contribution in [0.3, 0.4) is 0 Å². The van der Waals surface area contributed by atoms with Crippen molar-refractivity contribution in [1.82, 2.24) is 0 Å². The molecule has 0 aromatic heterocycles. The van der Waals surface area contributed by atoms with Crippen LogP contribution in [0.25, 0.3) is 0 Å². The van der Waals surface area contributed by atoms with E-state index in [0.29, 0.717) is 19.6 Å². The molecule has 96 valence electrons. The van der Waals surface area contributed by atoms with Gasteiger partial charge in [0, 0.05) is 25.8 Å². The fourth-order valence-corrected chi connectivity index (χ4v) is 1.26. The maximum Gasteiger partial charge on any atom is 0.418 e. The van der Waals surface area contributed by atoms with Gasteiger partial charge in [-0.1, -0.05) is 0 Å². The number of hydrogen-bond donors (Lipinski definition) is 1. The van der Waals surface area contributed by atoms with E-state index in [1.807, 2.05) is 0 Å². The van der Waals surface area contributed by atoms with Crippen LogP contribution < -0.4 is 10.5 Å². The molecule has 0 fully saturated rings. The molecule has 17 heavy (non-hydrogen) atoms. The largest absolute Gasteiger partial charge is 0.493 e. The second-order valence-electron chi connectivity index (χ2n) is 3.44. The molecule has 0 unspecified atom stereocenters. The van der Waals surface area contributed by atoms with Crippen LogP contribution in [-0.4, -0.2) is 20.3 Å². The second-order valence-corrected chi connectivity index (χ2v) is 3.44. The van der Waals surface area contributed by atoms with Gasteiger partial charge >= 0.3 is 6.18 Å². The maximum atomic E-state index is 12.5. The van der Waals surface area contributed by atoms with E-state index in [1.165, 1.54) is 12.1 Å². The Labute approximate surface area is 97.3 Å². The highest BCUT2D eigenvalue weighted by Gasteiger charge is 2.33. The first-order valence-electron chi connectivity index (χ1n) is 5.03. The monoisotopic (exact) mass is 249 g/mol. The molecule has 0 spiro atoms. The number of halogens is 3. The minimum absolute atomic E-state index is 0.155. The van der Waals surface area contributed by atoms with Crippen molar-refractivity contribution in [1.29, 1.82) is 0 Å². The van der Waals surface area contributed by atoms with Crippen molar-refractivity contribution < 1.29 is 22.6 Å². The Kier molecular flexibility index (Phi) is 4.62. The predicted molar refractivity (Wildman–Crippen MR) is 57.8 cm³/mol. The molecule has 0 aliphatic heterocycles. The number of nitrogen functional groups attached to an aromatic ring is 1. The average Bonchev–Trinajstić information content (AvgIpc) is 2.25. The molecular formula is C11H14F3NO2. The molecule has 0 aliphatic rings. The van der Waals surface area contributed by atoms with E-state index in [2.05, 4.69) is 0 Å². The van der Waals surface area contributed by atoms with Crippen LogP contribution in [0.1, 0.15) is 12.0 Å². The van der Waals surface area contributed by atoms with E-state index in [0.717, 1.165) is 6.07 Å². The molecule has 0 amide bonds. The normalized spacial score (nSPS) is 11.5. The second kappa shape index (κ2) is 5.77. The summed E-state index contributed by atoms with van der Waals surface area (Å²) in [5.74, 6) is 0.155. The molecule has 0 atom stereocenters. The van der Waals surface area contributed by atoms with Crippen molar-refractivity contribution in [3.8, 4) is 5.75 Å². The highest BCUT2D eigenvalue weighted by Crippen LogP contribution is 2.35. The maximum absolute atomic E-state index is 12.5. The molecule has 1 aromatic carbocycles. The lowest BCUT2D eigenvalue weighted by atomic mass is 10.1. The third kappa shape index (κ3) is 4.14. The molecule has 2 N–H and O–H groups in total. The smallest absolute Gasteiger partial charge is 0.418 e. The van der Waals surface area contributed by atoms with Gasteiger partial charge in [-0.05, 0) is 18.2 Å². The highest BCUT2D eigenvalue weighted by atomic mass is 19.4. The Bertz CT molecular complexity index is 366. The number of alkyl halides is 3. The van der Waals surface area contributed by atoms with Gasteiger partial charge in [0.05, 0.1) is 12.2 Å². The van der Waals surface area contributed by atoms with Gasteiger partial charge in [-0.25, -0.2) is 0 Å². The van der Waals surface area contributed by atoms with Gasteiger partial charge in [0.15, 0.2) is 0 Å². The van der Waals surface area contributed by atoms with Gasteiger partial charge in [0.1, 0.15) is 5.75 Å². The summed E-state index contributed by atoms with van der Waals surface area (Å²) in [7, 11) is 1.55. The topological polar surface area (TPSA) is 44.5 Å². The van der Waals surface area contributed by atoms with Crippen molar-refractivity contribution in [3.05, 3.63) is 23.8 Å². The van der Waals surface area contributed by atoms with Crippen molar-refractivity contribution in [2.45, 2.75) is 12.6 Å². The van der Waals surface area contributed by atoms with E-state index >= 15 is 0 Å². The molecular weight excluding hydrogens is 235 g/mol. The zero-order valence-electron chi connectivity index (χ0n) is 9.38. The minimum atomic E-state index is -4.46. The van der Waals surface area contributed by atoms with Crippen LogP contribution in [-0.2, 0) is 10.9 Å². The van der Waals surface area contributed by atoms with E-state index in [4.69, 9.17) is 15.2 Å². The molecule has 1 rings (SSSR count). The summed E-state index contributed by atoms with van der Waals surface area (Å²) in [5.41, 5.74) is 4.08. The van der Waals surface area contributed by atoms with Gasteiger partial charge in [0.25, 0.3) is 0 Å². The number of anilines is 1. The quantitative estimate of drug-likeness (QED) is 0.644. The van der Waals surface area contributed by atoms with Gasteiger partial charge in [-0.3, -0.25) is 0 Å². The zero-order chi connectivity index (χ0) is 12.9. The Hall–Kier alpha value is -1.43. The average molecular weight is 249 g/mol. The summed E-state index contributed by atoms with van der Waals surface area (Å²) in [5, 5.41) is 0. The molecule has 0 aliphatic carbocycles. The van der Waals surface area contributed by atoms with E-state index in [1.54, 1.807) is 7.11 Å². The SMILES string of the molecule is COCCCOc1ccc(N)c(C(F)(F)F)c1. The van der Waals surface area contributed by atoms with Gasteiger partial charge in [0.2, 0.25) is 0 Å². The first-order valence-corrected chi connectivity index (χ1v) is 5.03.